The quantitative estimate of drug-likeness (QED) is 0.350. The lowest BCUT2D eigenvalue weighted by molar-refractivity contribution is 0.243. The van der Waals surface area contributed by atoms with Gasteiger partial charge in [0.1, 0.15) is 0 Å². The summed E-state index contributed by atoms with van der Waals surface area (Å²) >= 11 is 0. The topological polar surface area (TPSA) is 70.6 Å². The highest BCUT2D eigenvalue weighted by Crippen LogP contribution is 1.55. The zero-order valence-corrected chi connectivity index (χ0v) is 3.76. The van der Waals surface area contributed by atoms with Gasteiger partial charge < -0.3 is 5.32 Å². The van der Waals surface area contributed by atoms with E-state index in [9.17, 15) is 4.79 Å². The predicted octanol–water partition coefficient (Wildman–Crippen LogP) is -0.403. The van der Waals surface area contributed by atoms with Gasteiger partial charge in [-0.05, 0) is 0 Å². The van der Waals surface area contributed by atoms with E-state index in [-0.39, 0.29) is 0 Å². The van der Waals surface area contributed by atoms with Crippen molar-refractivity contribution in [2.45, 2.75) is 0 Å². The lowest BCUT2D eigenvalue weighted by atomic mass is 11.0. The summed E-state index contributed by atoms with van der Waals surface area (Å²) in [5.41, 5.74) is 1.61. The Bertz CT molecular complexity index is 81.0. The average Bonchev–Trinajstić information content (AvgIpc) is 1.68. The third-order valence-corrected chi connectivity index (χ3v) is 0.374. The number of hydrogen-bond donors (Lipinski definition) is 2. The molecule has 40 valence electrons. The third-order valence-electron chi connectivity index (χ3n) is 0.374. The van der Waals surface area contributed by atoms with E-state index in [0.29, 0.717) is 0 Å². The molecular weight excluding hydrogens is 98.0 g/mol. The van der Waals surface area contributed by atoms with Crippen molar-refractivity contribution in [1.82, 2.24) is 10.7 Å². The second-order valence-electron chi connectivity index (χ2n) is 0.782. The fourth-order valence-electron chi connectivity index (χ4n) is 0.0974. The normalized spacial score (nSPS) is 7.00. The van der Waals surface area contributed by atoms with Crippen LogP contribution in [0.4, 0.5) is 4.79 Å². The van der Waals surface area contributed by atoms with Gasteiger partial charge in [-0.2, -0.15) is 5.43 Å². The lowest BCUT2D eigenvalue weighted by Gasteiger charge is -1.88. The van der Waals surface area contributed by atoms with E-state index < -0.39 is 6.03 Å². The van der Waals surface area contributed by atoms with Crippen LogP contribution in [0.1, 0.15) is 0 Å². The zero-order valence-electron chi connectivity index (χ0n) is 3.76. The van der Waals surface area contributed by atoms with Crippen LogP contribution in [0.5, 0.6) is 0 Å². The van der Waals surface area contributed by atoms with Crippen LogP contribution in [0.25, 0.3) is 0 Å². The van der Waals surface area contributed by atoms with Crippen molar-refractivity contribution in [3.8, 4) is 0 Å². The van der Waals surface area contributed by atoms with Crippen molar-refractivity contribution in [3.05, 3.63) is 4.91 Å². The third kappa shape index (κ3) is 2.68. The molecular formula is C2H5N3O2. The van der Waals surface area contributed by atoms with E-state index in [0.717, 1.165) is 0 Å². The maximum absolute atomic E-state index is 9.90. The minimum absolute atomic E-state index is 0.602. The van der Waals surface area contributed by atoms with E-state index in [1.807, 2.05) is 0 Å². The molecule has 0 aromatic carbocycles. The summed E-state index contributed by atoms with van der Waals surface area (Å²) in [4.78, 5) is 19.0. The summed E-state index contributed by atoms with van der Waals surface area (Å²) in [7, 11) is 1.39. The molecule has 2 amide bonds. The van der Waals surface area contributed by atoms with Crippen LogP contribution in [0, 0.1) is 4.91 Å². The van der Waals surface area contributed by atoms with Crippen LogP contribution in [-0.4, -0.2) is 13.1 Å². The van der Waals surface area contributed by atoms with Gasteiger partial charge in [0, 0.05) is 7.05 Å². The standard InChI is InChI=1S/C2H5N3O2/c1-3-2(6)4-5-7/h1H3,(H2,3,4,6,7). The van der Waals surface area contributed by atoms with E-state index in [1.165, 1.54) is 7.05 Å². The second kappa shape index (κ2) is 3.08. The Kier molecular flexibility index (Phi) is 2.58. The number of carbonyl (C=O) groups is 1. The van der Waals surface area contributed by atoms with E-state index in [2.05, 4.69) is 10.6 Å². The Morgan fingerprint density at radius 2 is 2.29 bits per heavy atom. The monoisotopic (exact) mass is 103 g/mol. The van der Waals surface area contributed by atoms with Gasteiger partial charge in [0.2, 0.25) is 0 Å². The Labute approximate surface area is 40.0 Å². The van der Waals surface area contributed by atoms with Crippen molar-refractivity contribution < 1.29 is 4.79 Å². The second-order valence-corrected chi connectivity index (χ2v) is 0.782. The first-order valence-corrected chi connectivity index (χ1v) is 1.61. The van der Waals surface area contributed by atoms with Crippen molar-refractivity contribution in [3.63, 3.8) is 0 Å². The molecule has 5 heteroatoms. The van der Waals surface area contributed by atoms with Crippen LogP contribution >= 0.6 is 0 Å². The summed E-state index contributed by atoms with van der Waals surface area (Å²) in [6, 6.07) is -0.602. The number of nitrogens with one attached hydrogen (secondary N) is 2. The van der Waals surface area contributed by atoms with Crippen molar-refractivity contribution in [2.24, 2.45) is 5.29 Å². The fraction of sp³-hybridized carbons (Fsp3) is 0.500. The van der Waals surface area contributed by atoms with Gasteiger partial charge in [0.15, 0.2) is 0 Å². The van der Waals surface area contributed by atoms with E-state index in [4.69, 9.17) is 4.91 Å². The summed E-state index contributed by atoms with van der Waals surface area (Å²) in [5.74, 6) is 0. The van der Waals surface area contributed by atoms with Gasteiger partial charge in [-0.1, -0.05) is 0 Å². The number of carbonyl (C=O) groups excluding carboxylic acids is 1. The first kappa shape index (κ1) is 5.87. The molecule has 0 rings (SSSR count). The smallest absolute Gasteiger partial charge is 0.337 e. The average molecular weight is 103 g/mol. The molecule has 7 heavy (non-hydrogen) atoms. The van der Waals surface area contributed by atoms with Gasteiger partial charge in [-0.15, -0.1) is 4.91 Å². The Balaban J connectivity index is 3.17. The highest BCUT2D eigenvalue weighted by atomic mass is 16.3. The summed E-state index contributed by atoms with van der Waals surface area (Å²) in [6.45, 7) is 0. The minimum atomic E-state index is -0.602. The molecule has 0 radical (unpaired) electrons. The number of amides is 2. The fourth-order valence-corrected chi connectivity index (χ4v) is 0.0974. The molecule has 2 N–H and O–H groups in total. The van der Waals surface area contributed by atoms with Gasteiger partial charge in [-0.3, -0.25) is 0 Å². The molecule has 0 saturated carbocycles. The van der Waals surface area contributed by atoms with Gasteiger partial charge in [0.05, 0.1) is 5.29 Å². The van der Waals surface area contributed by atoms with Crippen LogP contribution < -0.4 is 10.7 Å². The molecule has 0 aromatic rings. The van der Waals surface area contributed by atoms with Gasteiger partial charge >= 0.3 is 6.03 Å². The molecule has 0 aliphatic heterocycles. The molecule has 0 saturated heterocycles. The summed E-state index contributed by atoms with van der Waals surface area (Å²) in [6.07, 6.45) is 0. The molecule has 0 aliphatic rings. The molecule has 0 heterocycles. The number of nitroso groups, excluding NO2 is 1. The first-order valence-electron chi connectivity index (χ1n) is 1.61. The molecule has 0 fully saturated rings. The van der Waals surface area contributed by atoms with E-state index in [1.54, 1.807) is 5.43 Å². The van der Waals surface area contributed by atoms with Crippen LogP contribution in [-0.2, 0) is 0 Å². The molecule has 0 bridgehead atoms. The Morgan fingerprint density at radius 3 is 2.43 bits per heavy atom. The van der Waals surface area contributed by atoms with Crippen molar-refractivity contribution in [1.29, 1.82) is 0 Å². The predicted molar refractivity (Wildman–Crippen MR) is 23.4 cm³/mol. The molecule has 0 atom stereocenters. The first-order chi connectivity index (χ1) is 3.31. The highest BCUT2D eigenvalue weighted by molar-refractivity contribution is 5.72. The molecule has 0 aliphatic carbocycles. The summed E-state index contributed by atoms with van der Waals surface area (Å²) in [5, 5.41) is 4.22. The van der Waals surface area contributed by atoms with E-state index >= 15 is 0 Å². The van der Waals surface area contributed by atoms with Crippen molar-refractivity contribution in [2.75, 3.05) is 7.05 Å². The molecule has 0 aromatic heterocycles. The molecule has 5 nitrogen and oxygen atoms in total. The largest absolute Gasteiger partial charge is 0.340 e. The number of urea groups is 1. The highest BCUT2D eigenvalue weighted by Gasteiger charge is 1.87. The Morgan fingerprint density at radius 1 is 1.71 bits per heavy atom. The number of hydrogen-bond acceptors (Lipinski definition) is 3. The Hall–Kier alpha value is -1.13. The SMILES string of the molecule is CNC(=O)NN=O. The maximum atomic E-state index is 9.90. The number of nitrogens with zero attached hydrogens (tertiary/aromatic N) is 1. The van der Waals surface area contributed by atoms with Crippen molar-refractivity contribution >= 4 is 6.03 Å². The number of rotatable bonds is 1. The molecule has 0 spiro atoms. The van der Waals surface area contributed by atoms with Crippen LogP contribution in [0.3, 0.4) is 0 Å². The van der Waals surface area contributed by atoms with Gasteiger partial charge in [0.25, 0.3) is 0 Å². The molecule has 0 unspecified atom stereocenters. The maximum Gasteiger partial charge on any atom is 0.337 e. The van der Waals surface area contributed by atoms with Crippen LogP contribution in [0.2, 0.25) is 0 Å². The van der Waals surface area contributed by atoms with Gasteiger partial charge in [-0.25, -0.2) is 4.79 Å². The summed E-state index contributed by atoms with van der Waals surface area (Å²) < 4.78 is 0. The minimum Gasteiger partial charge on any atom is -0.340 e. The van der Waals surface area contributed by atoms with Crippen LogP contribution in [0.15, 0.2) is 5.29 Å². The lowest BCUT2D eigenvalue weighted by Crippen LogP contribution is -2.27. The zero-order chi connectivity index (χ0) is 5.70.